The second kappa shape index (κ2) is 9.04. The molecule has 2 aromatic carbocycles. The van der Waals surface area contributed by atoms with Crippen molar-refractivity contribution in [2.45, 2.75) is 27.3 Å². The standard InChI is InChI=1S/C21H26N2O3/c1-5-26-19-8-6-17(7-9-19)14-23(4)20(24)13-22-21(25)18-11-15(2)10-16(3)12-18/h6-12H,5,13-14H2,1-4H3,(H,22,25). The highest BCUT2D eigenvalue weighted by Crippen LogP contribution is 2.13. The topological polar surface area (TPSA) is 58.6 Å². The average molecular weight is 354 g/mol. The Morgan fingerprint density at radius 3 is 2.23 bits per heavy atom. The first-order valence-corrected chi connectivity index (χ1v) is 8.71. The van der Waals surface area contributed by atoms with Gasteiger partial charge in [0.05, 0.1) is 13.2 Å². The van der Waals surface area contributed by atoms with E-state index in [1.165, 1.54) is 0 Å². The molecular formula is C21H26N2O3. The molecule has 0 atom stereocenters. The number of amides is 2. The minimum absolute atomic E-state index is 0.0284. The summed E-state index contributed by atoms with van der Waals surface area (Å²) in [5.41, 5.74) is 3.62. The van der Waals surface area contributed by atoms with E-state index in [9.17, 15) is 9.59 Å². The minimum atomic E-state index is -0.236. The largest absolute Gasteiger partial charge is 0.494 e. The molecule has 0 saturated heterocycles. The Kier molecular flexibility index (Phi) is 6.78. The number of carbonyl (C=O) groups excluding carboxylic acids is 2. The summed E-state index contributed by atoms with van der Waals surface area (Å²) in [6.45, 7) is 6.90. The van der Waals surface area contributed by atoms with Crippen molar-refractivity contribution in [1.29, 1.82) is 0 Å². The maximum atomic E-state index is 12.3. The quantitative estimate of drug-likeness (QED) is 0.831. The van der Waals surface area contributed by atoms with Crippen LogP contribution in [-0.2, 0) is 11.3 Å². The molecule has 1 N–H and O–H groups in total. The lowest BCUT2D eigenvalue weighted by atomic mass is 10.1. The summed E-state index contributed by atoms with van der Waals surface area (Å²) < 4.78 is 5.41. The number of benzene rings is 2. The van der Waals surface area contributed by atoms with Gasteiger partial charge in [-0.1, -0.05) is 29.3 Å². The Labute approximate surface area is 155 Å². The fourth-order valence-electron chi connectivity index (χ4n) is 2.72. The first kappa shape index (κ1) is 19.5. The number of nitrogens with one attached hydrogen (secondary N) is 1. The molecule has 0 aliphatic rings. The molecule has 0 aliphatic carbocycles. The van der Waals surface area contributed by atoms with Gasteiger partial charge >= 0.3 is 0 Å². The Bertz CT molecular complexity index is 749. The highest BCUT2D eigenvalue weighted by molar-refractivity contribution is 5.96. The predicted octanol–water partition coefficient (Wildman–Crippen LogP) is 3.09. The van der Waals surface area contributed by atoms with E-state index in [1.54, 1.807) is 11.9 Å². The highest BCUT2D eigenvalue weighted by Gasteiger charge is 2.12. The number of nitrogens with zero attached hydrogens (tertiary/aromatic N) is 1. The van der Waals surface area contributed by atoms with Crippen LogP contribution in [0, 0.1) is 13.8 Å². The third kappa shape index (κ3) is 5.62. The number of likely N-dealkylation sites (N-methyl/N-ethyl adjacent to an activating group) is 1. The van der Waals surface area contributed by atoms with Crippen molar-refractivity contribution < 1.29 is 14.3 Å². The van der Waals surface area contributed by atoms with Crippen molar-refractivity contribution in [3.05, 3.63) is 64.7 Å². The van der Waals surface area contributed by atoms with Crippen LogP contribution in [0.4, 0.5) is 0 Å². The average Bonchev–Trinajstić information content (AvgIpc) is 2.60. The number of aryl methyl sites for hydroxylation is 2. The molecule has 0 radical (unpaired) electrons. The van der Waals surface area contributed by atoms with Gasteiger partial charge < -0.3 is 15.0 Å². The number of rotatable bonds is 7. The van der Waals surface area contributed by atoms with Gasteiger partial charge in [-0.15, -0.1) is 0 Å². The van der Waals surface area contributed by atoms with Crippen molar-refractivity contribution in [2.75, 3.05) is 20.2 Å². The monoisotopic (exact) mass is 354 g/mol. The lowest BCUT2D eigenvalue weighted by Gasteiger charge is -2.18. The number of ether oxygens (including phenoxy) is 1. The van der Waals surface area contributed by atoms with Gasteiger partial charge in [-0.2, -0.15) is 0 Å². The summed E-state index contributed by atoms with van der Waals surface area (Å²) in [4.78, 5) is 26.1. The van der Waals surface area contributed by atoms with Gasteiger partial charge in [0.15, 0.2) is 0 Å². The fraction of sp³-hybridized carbons (Fsp3) is 0.333. The van der Waals surface area contributed by atoms with E-state index in [1.807, 2.05) is 63.2 Å². The molecule has 2 amide bonds. The normalized spacial score (nSPS) is 10.3. The molecule has 0 saturated carbocycles. The van der Waals surface area contributed by atoms with Gasteiger partial charge in [-0.3, -0.25) is 9.59 Å². The maximum absolute atomic E-state index is 12.3. The number of carbonyl (C=O) groups is 2. The van der Waals surface area contributed by atoms with Crippen molar-refractivity contribution in [1.82, 2.24) is 10.2 Å². The van der Waals surface area contributed by atoms with Crippen molar-refractivity contribution in [3.63, 3.8) is 0 Å². The SMILES string of the molecule is CCOc1ccc(CN(C)C(=O)CNC(=O)c2cc(C)cc(C)c2)cc1. The smallest absolute Gasteiger partial charge is 0.251 e. The van der Waals surface area contributed by atoms with E-state index in [4.69, 9.17) is 4.74 Å². The van der Waals surface area contributed by atoms with E-state index in [-0.39, 0.29) is 18.4 Å². The van der Waals surface area contributed by atoms with Gasteiger partial charge in [0, 0.05) is 19.2 Å². The molecule has 0 unspecified atom stereocenters. The lowest BCUT2D eigenvalue weighted by Crippen LogP contribution is -2.37. The first-order chi connectivity index (χ1) is 12.4. The second-order valence-corrected chi connectivity index (χ2v) is 6.39. The van der Waals surface area contributed by atoms with Crippen LogP contribution in [0.5, 0.6) is 5.75 Å². The Morgan fingerprint density at radius 2 is 1.65 bits per heavy atom. The molecule has 2 aromatic rings. The van der Waals surface area contributed by atoms with Crippen LogP contribution in [-0.4, -0.2) is 36.9 Å². The molecular weight excluding hydrogens is 328 g/mol. The Morgan fingerprint density at radius 1 is 1.04 bits per heavy atom. The number of hydrogen-bond donors (Lipinski definition) is 1. The van der Waals surface area contributed by atoms with Gasteiger partial charge in [-0.25, -0.2) is 0 Å². The first-order valence-electron chi connectivity index (χ1n) is 8.71. The van der Waals surface area contributed by atoms with Gasteiger partial charge in [0.2, 0.25) is 5.91 Å². The zero-order valence-corrected chi connectivity index (χ0v) is 15.8. The molecule has 0 spiro atoms. The van der Waals surface area contributed by atoms with Crippen molar-refractivity contribution in [2.24, 2.45) is 0 Å². The Hall–Kier alpha value is -2.82. The third-order valence-corrected chi connectivity index (χ3v) is 3.96. The summed E-state index contributed by atoms with van der Waals surface area (Å²) in [6.07, 6.45) is 0. The summed E-state index contributed by atoms with van der Waals surface area (Å²) >= 11 is 0. The lowest BCUT2D eigenvalue weighted by molar-refractivity contribution is -0.129. The maximum Gasteiger partial charge on any atom is 0.251 e. The van der Waals surface area contributed by atoms with Crippen molar-refractivity contribution in [3.8, 4) is 5.75 Å². The van der Waals surface area contributed by atoms with E-state index in [2.05, 4.69) is 5.32 Å². The van der Waals surface area contributed by atoms with Crippen LogP contribution in [0.1, 0.15) is 34.0 Å². The molecule has 0 bridgehead atoms. The van der Waals surface area contributed by atoms with Crippen LogP contribution in [0.2, 0.25) is 0 Å². The minimum Gasteiger partial charge on any atom is -0.494 e. The summed E-state index contributed by atoms with van der Waals surface area (Å²) in [5.74, 6) is 0.433. The molecule has 5 nitrogen and oxygen atoms in total. The zero-order chi connectivity index (χ0) is 19.1. The highest BCUT2D eigenvalue weighted by atomic mass is 16.5. The van der Waals surface area contributed by atoms with E-state index in [0.29, 0.717) is 18.7 Å². The van der Waals surface area contributed by atoms with Crippen LogP contribution in [0.25, 0.3) is 0 Å². The third-order valence-electron chi connectivity index (χ3n) is 3.96. The van der Waals surface area contributed by atoms with Gasteiger partial charge in [0.25, 0.3) is 5.91 Å². The molecule has 0 heterocycles. The molecule has 0 aliphatic heterocycles. The summed E-state index contributed by atoms with van der Waals surface area (Å²) in [5, 5.41) is 2.70. The van der Waals surface area contributed by atoms with Crippen LogP contribution >= 0.6 is 0 Å². The molecule has 138 valence electrons. The van der Waals surface area contributed by atoms with Gasteiger partial charge in [0.1, 0.15) is 5.75 Å². The van der Waals surface area contributed by atoms with Gasteiger partial charge in [-0.05, 0) is 50.6 Å². The molecule has 26 heavy (non-hydrogen) atoms. The second-order valence-electron chi connectivity index (χ2n) is 6.39. The zero-order valence-electron chi connectivity index (χ0n) is 15.8. The van der Waals surface area contributed by atoms with Crippen LogP contribution in [0.3, 0.4) is 0 Å². The van der Waals surface area contributed by atoms with E-state index < -0.39 is 0 Å². The number of hydrogen-bond acceptors (Lipinski definition) is 3. The van der Waals surface area contributed by atoms with Crippen LogP contribution < -0.4 is 10.1 Å². The molecule has 0 aromatic heterocycles. The van der Waals surface area contributed by atoms with E-state index >= 15 is 0 Å². The Balaban J connectivity index is 1.87. The molecule has 5 heteroatoms. The summed E-state index contributed by atoms with van der Waals surface area (Å²) in [6, 6.07) is 13.3. The fourth-order valence-corrected chi connectivity index (χ4v) is 2.72. The predicted molar refractivity (Wildman–Crippen MR) is 102 cm³/mol. The molecule has 0 fully saturated rings. The van der Waals surface area contributed by atoms with Crippen LogP contribution in [0.15, 0.2) is 42.5 Å². The van der Waals surface area contributed by atoms with Crippen molar-refractivity contribution >= 4 is 11.8 Å². The molecule has 2 rings (SSSR count). The van der Waals surface area contributed by atoms with E-state index in [0.717, 1.165) is 22.4 Å². The summed E-state index contributed by atoms with van der Waals surface area (Å²) in [7, 11) is 1.72.